The molecule has 0 saturated heterocycles. The molecule has 0 bridgehead atoms. The van der Waals surface area contributed by atoms with Gasteiger partial charge in [-0.3, -0.25) is 4.79 Å². The van der Waals surface area contributed by atoms with Gasteiger partial charge in [-0.2, -0.15) is 0 Å². The second kappa shape index (κ2) is 9.69. The van der Waals surface area contributed by atoms with Gasteiger partial charge >= 0.3 is 5.97 Å². The summed E-state index contributed by atoms with van der Waals surface area (Å²) >= 11 is 1.24. The molecule has 2 aromatic heterocycles. The molecule has 0 spiro atoms. The van der Waals surface area contributed by atoms with Crippen molar-refractivity contribution < 1.29 is 14.7 Å². The summed E-state index contributed by atoms with van der Waals surface area (Å²) in [6.45, 7) is 2.64. The van der Waals surface area contributed by atoms with Crippen LogP contribution in [0.5, 0.6) is 0 Å². The van der Waals surface area contributed by atoms with E-state index in [-0.39, 0.29) is 18.1 Å². The third kappa shape index (κ3) is 4.67. The van der Waals surface area contributed by atoms with Gasteiger partial charge in [0.2, 0.25) is 5.91 Å². The first kappa shape index (κ1) is 21.6. The summed E-state index contributed by atoms with van der Waals surface area (Å²) in [5.41, 5.74) is 2.73. The van der Waals surface area contributed by atoms with Crippen molar-refractivity contribution in [1.29, 1.82) is 0 Å². The summed E-state index contributed by atoms with van der Waals surface area (Å²) in [4.78, 5) is 27.4. The summed E-state index contributed by atoms with van der Waals surface area (Å²) in [6.07, 6.45) is 1.98. The van der Waals surface area contributed by atoms with E-state index in [1.807, 2.05) is 66.1 Å². The lowest BCUT2D eigenvalue weighted by molar-refractivity contribution is -0.141. The number of carboxylic acids is 1. The zero-order valence-electron chi connectivity index (χ0n) is 17.5. The minimum absolute atomic E-state index is 0.0462. The van der Waals surface area contributed by atoms with Crippen molar-refractivity contribution in [2.75, 3.05) is 5.75 Å². The van der Waals surface area contributed by atoms with E-state index in [0.717, 1.165) is 27.9 Å². The molecule has 1 atom stereocenters. The van der Waals surface area contributed by atoms with Crippen LogP contribution in [0.1, 0.15) is 12.5 Å². The van der Waals surface area contributed by atoms with Crippen molar-refractivity contribution >= 4 is 34.5 Å². The molecular weight excluding hydrogens is 426 g/mol. The number of carboxylic acid groups (broad SMARTS) is 1. The number of amides is 1. The Hall–Kier alpha value is -3.59. The molecule has 4 aromatic rings. The topological polar surface area (TPSA) is 113 Å². The lowest BCUT2D eigenvalue weighted by Gasteiger charge is -2.14. The van der Waals surface area contributed by atoms with Crippen molar-refractivity contribution in [3.8, 4) is 11.4 Å². The number of thioether (sulfide) groups is 1. The Morgan fingerprint density at radius 2 is 1.88 bits per heavy atom. The van der Waals surface area contributed by atoms with E-state index in [0.29, 0.717) is 11.7 Å². The molecular formula is C23H23N5O3S. The maximum atomic E-state index is 12.5. The third-order valence-corrected chi connectivity index (χ3v) is 6.10. The van der Waals surface area contributed by atoms with Crippen LogP contribution < -0.4 is 5.32 Å². The molecule has 4 rings (SSSR count). The van der Waals surface area contributed by atoms with Crippen LogP contribution in [-0.2, 0) is 22.6 Å². The zero-order valence-corrected chi connectivity index (χ0v) is 18.3. The normalized spacial score (nSPS) is 12.0. The smallest absolute Gasteiger partial charge is 0.326 e. The van der Waals surface area contributed by atoms with Gasteiger partial charge in [0.15, 0.2) is 11.0 Å². The highest BCUT2D eigenvalue weighted by Gasteiger charge is 2.22. The predicted molar refractivity (Wildman–Crippen MR) is 123 cm³/mol. The van der Waals surface area contributed by atoms with E-state index in [9.17, 15) is 14.7 Å². The van der Waals surface area contributed by atoms with Crippen molar-refractivity contribution in [3.05, 3.63) is 66.4 Å². The second-order valence-electron chi connectivity index (χ2n) is 7.23. The Morgan fingerprint density at radius 3 is 2.62 bits per heavy atom. The average Bonchev–Trinajstić information content (AvgIpc) is 3.41. The van der Waals surface area contributed by atoms with Crippen LogP contribution in [0.15, 0.2) is 66.0 Å². The highest BCUT2D eigenvalue weighted by Crippen LogP contribution is 2.24. The first-order valence-electron chi connectivity index (χ1n) is 10.3. The summed E-state index contributed by atoms with van der Waals surface area (Å²) in [5, 5.41) is 22.3. The number of carbonyl (C=O) groups excluding carboxylic acids is 1. The molecule has 0 fully saturated rings. The number of nitrogens with zero attached hydrogens (tertiary/aromatic N) is 3. The zero-order chi connectivity index (χ0) is 22.5. The fraction of sp³-hybridized carbons (Fsp3) is 0.217. The van der Waals surface area contributed by atoms with Gasteiger partial charge in [0.05, 0.1) is 5.75 Å². The fourth-order valence-corrected chi connectivity index (χ4v) is 4.38. The number of hydrogen-bond acceptors (Lipinski definition) is 5. The molecule has 0 aliphatic rings. The standard InChI is InChI=1S/C23H23N5O3S/c1-2-28-21(15-8-4-3-5-9-15)26-27-23(28)32-14-20(29)25-19(22(30)31)12-16-13-24-18-11-7-6-10-17(16)18/h3-11,13,19,24H,2,12,14H2,1H3,(H,25,29)(H,30,31). The fourth-order valence-electron chi connectivity index (χ4n) is 3.57. The maximum absolute atomic E-state index is 12.5. The number of hydrogen-bond donors (Lipinski definition) is 3. The molecule has 0 radical (unpaired) electrons. The number of aliphatic carboxylic acids is 1. The van der Waals surface area contributed by atoms with E-state index in [4.69, 9.17) is 0 Å². The molecule has 0 aliphatic heterocycles. The van der Waals surface area contributed by atoms with Gasteiger partial charge in [-0.15, -0.1) is 10.2 Å². The van der Waals surface area contributed by atoms with Gasteiger partial charge in [0.1, 0.15) is 6.04 Å². The first-order chi connectivity index (χ1) is 15.6. The van der Waals surface area contributed by atoms with Crippen LogP contribution in [0.3, 0.4) is 0 Å². The summed E-state index contributed by atoms with van der Waals surface area (Å²) in [7, 11) is 0. The quantitative estimate of drug-likeness (QED) is 0.338. The Kier molecular flexibility index (Phi) is 6.55. The lowest BCUT2D eigenvalue weighted by atomic mass is 10.1. The molecule has 1 amide bonds. The van der Waals surface area contributed by atoms with Gasteiger partial charge in [-0.1, -0.05) is 60.3 Å². The average molecular weight is 450 g/mol. The molecule has 8 nitrogen and oxygen atoms in total. The van der Waals surface area contributed by atoms with Gasteiger partial charge in [-0.05, 0) is 18.6 Å². The lowest BCUT2D eigenvalue weighted by Crippen LogP contribution is -2.43. The van der Waals surface area contributed by atoms with Gasteiger partial charge < -0.3 is 20.0 Å². The number of para-hydroxylation sites is 1. The van der Waals surface area contributed by atoms with Crippen LogP contribution in [0.25, 0.3) is 22.3 Å². The first-order valence-corrected chi connectivity index (χ1v) is 11.2. The van der Waals surface area contributed by atoms with Crippen LogP contribution >= 0.6 is 11.8 Å². The van der Waals surface area contributed by atoms with E-state index < -0.39 is 12.0 Å². The van der Waals surface area contributed by atoms with Crippen LogP contribution in [0.4, 0.5) is 0 Å². The van der Waals surface area contributed by atoms with Crippen molar-refractivity contribution in [3.63, 3.8) is 0 Å². The Bertz CT molecular complexity index is 1230. The molecule has 164 valence electrons. The van der Waals surface area contributed by atoms with E-state index in [1.54, 1.807) is 6.20 Å². The number of aromatic nitrogens is 4. The molecule has 3 N–H and O–H groups in total. The second-order valence-corrected chi connectivity index (χ2v) is 8.17. The monoisotopic (exact) mass is 449 g/mol. The van der Waals surface area contributed by atoms with E-state index >= 15 is 0 Å². The van der Waals surface area contributed by atoms with Gasteiger partial charge in [0, 0.05) is 35.6 Å². The number of rotatable bonds is 9. The Labute approximate surface area is 189 Å². The van der Waals surface area contributed by atoms with Gasteiger partial charge in [0.25, 0.3) is 0 Å². The predicted octanol–water partition coefficient (Wildman–Crippen LogP) is 3.35. The summed E-state index contributed by atoms with van der Waals surface area (Å²) < 4.78 is 1.94. The molecule has 1 unspecified atom stereocenters. The van der Waals surface area contributed by atoms with E-state index in [2.05, 4.69) is 20.5 Å². The third-order valence-electron chi connectivity index (χ3n) is 5.13. The number of carbonyl (C=O) groups is 2. The molecule has 9 heteroatoms. The number of benzene rings is 2. The minimum atomic E-state index is -1.07. The van der Waals surface area contributed by atoms with Crippen molar-refractivity contribution in [2.24, 2.45) is 0 Å². The van der Waals surface area contributed by atoms with Crippen molar-refractivity contribution in [1.82, 2.24) is 25.1 Å². The largest absolute Gasteiger partial charge is 0.480 e. The minimum Gasteiger partial charge on any atom is -0.480 e. The number of H-pyrrole nitrogens is 1. The SMILES string of the molecule is CCn1c(SCC(=O)NC(Cc2c[nH]c3ccccc23)C(=O)O)nnc1-c1ccccc1. The van der Waals surface area contributed by atoms with Crippen LogP contribution in [0.2, 0.25) is 0 Å². The molecule has 2 heterocycles. The molecule has 0 aliphatic carbocycles. The number of fused-ring (bicyclic) bond motifs is 1. The summed E-state index contributed by atoms with van der Waals surface area (Å²) in [5.74, 6) is -0.658. The molecule has 2 aromatic carbocycles. The van der Waals surface area contributed by atoms with Crippen LogP contribution in [0, 0.1) is 0 Å². The Balaban J connectivity index is 1.41. The Morgan fingerprint density at radius 1 is 1.12 bits per heavy atom. The highest BCUT2D eigenvalue weighted by atomic mass is 32.2. The van der Waals surface area contributed by atoms with Gasteiger partial charge in [-0.25, -0.2) is 4.79 Å². The van der Waals surface area contributed by atoms with Crippen LogP contribution in [-0.4, -0.2) is 48.5 Å². The highest BCUT2D eigenvalue weighted by molar-refractivity contribution is 7.99. The number of aromatic amines is 1. The van der Waals surface area contributed by atoms with E-state index in [1.165, 1.54) is 11.8 Å². The summed E-state index contributed by atoms with van der Waals surface area (Å²) in [6, 6.07) is 16.4. The maximum Gasteiger partial charge on any atom is 0.326 e. The number of nitrogens with one attached hydrogen (secondary N) is 2. The van der Waals surface area contributed by atoms with Crippen molar-refractivity contribution in [2.45, 2.75) is 31.1 Å². The molecule has 32 heavy (non-hydrogen) atoms. The molecule has 0 saturated carbocycles.